The third-order valence-electron chi connectivity index (χ3n) is 4.77. The summed E-state index contributed by atoms with van der Waals surface area (Å²) in [5.74, 6) is -2.04. The highest BCUT2D eigenvalue weighted by molar-refractivity contribution is 7.91. The highest BCUT2D eigenvalue weighted by Gasteiger charge is 2.19. The molecule has 0 aromatic heterocycles. The van der Waals surface area contributed by atoms with Gasteiger partial charge in [0.15, 0.2) is 0 Å². The number of aliphatic hydroxyl groups excluding tert-OH is 1. The van der Waals surface area contributed by atoms with Gasteiger partial charge in [-0.3, -0.25) is 14.4 Å². The van der Waals surface area contributed by atoms with Crippen LogP contribution in [0.1, 0.15) is 43.0 Å². The van der Waals surface area contributed by atoms with Gasteiger partial charge in [-0.2, -0.15) is 0 Å². The van der Waals surface area contributed by atoms with E-state index < -0.39 is 27.8 Å². The lowest BCUT2D eigenvalue weighted by molar-refractivity contribution is -0.137. The number of benzene rings is 2. The van der Waals surface area contributed by atoms with Crippen molar-refractivity contribution in [3.05, 3.63) is 54.1 Å². The smallest absolute Gasteiger partial charge is 0.303 e. The summed E-state index contributed by atoms with van der Waals surface area (Å²) in [4.78, 5) is 45.4. The van der Waals surface area contributed by atoms with E-state index in [4.69, 9.17) is 5.11 Å². The fraction of sp³-hybridized carbons (Fsp3) is 0.304. The zero-order chi connectivity index (χ0) is 25.3. The van der Waals surface area contributed by atoms with Crippen LogP contribution < -0.4 is 10.6 Å². The Hall–Kier alpha value is -3.57. The summed E-state index contributed by atoms with van der Waals surface area (Å²) < 4.78 is 25.7. The SMILES string of the molecule is CC(=O)CCC(=O)Nc1ccc(S(=O)(=O)c2ccc(C(=O)NCC(O)CCC(=O)O)cc2)cc1. The number of anilines is 1. The molecule has 34 heavy (non-hydrogen) atoms. The van der Waals surface area contributed by atoms with E-state index in [1.807, 2.05) is 0 Å². The molecule has 2 rings (SSSR count). The summed E-state index contributed by atoms with van der Waals surface area (Å²) in [5.41, 5.74) is 0.568. The van der Waals surface area contributed by atoms with E-state index in [9.17, 15) is 32.7 Å². The molecule has 1 unspecified atom stereocenters. The number of aliphatic hydroxyl groups is 1. The van der Waals surface area contributed by atoms with Gasteiger partial charge in [0.2, 0.25) is 15.7 Å². The third-order valence-corrected chi connectivity index (χ3v) is 6.55. The van der Waals surface area contributed by atoms with E-state index in [0.29, 0.717) is 5.69 Å². The fourth-order valence-electron chi connectivity index (χ4n) is 2.86. The van der Waals surface area contributed by atoms with Gasteiger partial charge < -0.3 is 25.6 Å². The number of ketones is 1. The molecule has 0 radical (unpaired) electrons. The van der Waals surface area contributed by atoms with Gasteiger partial charge in [-0.05, 0) is 61.9 Å². The fourth-order valence-corrected chi connectivity index (χ4v) is 4.12. The van der Waals surface area contributed by atoms with Crippen LogP contribution in [0.5, 0.6) is 0 Å². The normalized spacial score (nSPS) is 11.9. The monoisotopic (exact) mass is 490 g/mol. The molecule has 0 saturated heterocycles. The van der Waals surface area contributed by atoms with Crippen molar-refractivity contribution < 1.29 is 37.8 Å². The van der Waals surface area contributed by atoms with Crippen molar-refractivity contribution in [3.63, 3.8) is 0 Å². The van der Waals surface area contributed by atoms with Crippen LogP contribution in [0.2, 0.25) is 0 Å². The molecule has 0 aliphatic heterocycles. The molecular weight excluding hydrogens is 464 g/mol. The molecular formula is C23H26N2O8S. The predicted molar refractivity (Wildman–Crippen MR) is 122 cm³/mol. The van der Waals surface area contributed by atoms with E-state index in [-0.39, 0.29) is 59.3 Å². The quantitative estimate of drug-likeness (QED) is 0.349. The number of carbonyl (C=O) groups is 4. The first-order valence-electron chi connectivity index (χ1n) is 10.4. The summed E-state index contributed by atoms with van der Waals surface area (Å²) >= 11 is 0. The molecule has 4 N–H and O–H groups in total. The zero-order valence-corrected chi connectivity index (χ0v) is 19.3. The van der Waals surface area contributed by atoms with E-state index >= 15 is 0 Å². The van der Waals surface area contributed by atoms with Crippen molar-refractivity contribution in [2.45, 2.75) is 48.5 Å². The first kappa shape index (κ1) is 26.7. The van der Waals surface area contributed by atoms with Crippen LogP contribution in [0.25, 0.3) is 0 Å². The van der Waals surface area contributed by atoms with Crippen LogP contribution in [0.3, 0.4) is 0 Å². The van der Waals surface area contributed by atoms with Crippen LogP contribution in [-0.2, 0) is 24.2 Å². The lowest BCUT2D eigenvalue weighted by atomic mass is 10.2. The van der Waals surface area contributed by atoms with E-state index in [1.54, 1.807) is 0 Å². The minimum Gasteiger partial charge on any atom is -0.481 e. The number of amides is 2. The zero-order valence-electron chi connectivity index (χ0n) is 18.5. The number of Topliss-reactive ketones (excluding diaryl/α,β-unsaturated/α-hetero) is 1. The van der Waals surface area contributed by atoms with Crippen molar-refractivity contribution in [1.82, 2.24) is 5.32 Å². The minimum absolute atomic E-state index is 0.00627. The summed E-state index contributed by atoms with van der Waals surface area (Å²) in [6.07, 6.45) is -1.08. The molecule has 0 heterocycles. The molecule has 2 amide bonds. The number of carbonyl (C=O) groups excluding carboxylic acids is 3. The molecule has 1 atom stereocenters. The van der Waals surface area contributed by atoms with Crippen molar-refractivity contribution in [2.24, 2.45) is 0 Å². The van der Waals surface area contributed by atoms with Gasteiger partial charge in [-0.1, -0.05) is 0 Å². The molecule has 0 spiro atoms. The highest BCUT2D eigenvalue weighted by atomic mass is 32.2. The van der Waals surface area contributed by atoms with Crippen molar-refractivity contribution >= 4 is 39.1 Å². The lowest BCUT2D eigenvalue weighted by Gasteiger charge is -2.11. The minimum atomic E-state index is -3.87. The van der Waals surface area contributed by atoms with Gasteiger partial charge in [0.1, 0.15) is 5.78 Å². The van der Waals surface area contributed by atoms with Crippen molar-refractivity contribution in [3.8, 4) is 0 Å². The van der Waals surface area contributed by atoms with Crippen molar-refractivity contribution in [2.75, 3.05) is 11.9 Å². The molecule has 2 aromatic carbocycles. The second kappa shape index (κ2) is 12.1. The first-order chi connectivity index (χ1) is 16.0. The highest BCUT2D eigenvalue weighted by Crippen LogP contribution is 2.23. The Morgan fingerprint density at radius 3 is 1.97 bits per heavy atom. The average molecular weight is 491 g/mol. The molecule has 0 aliphatic rings. The molecule has 0 bridgehead atoms. The molecule has 11 heteroatoms. The second-order valence-electron chi connectivity index (χ2n) is 7.60. The number of nitrogens with one attached hydrogen (secondary N) is 2. The van der Waals surface area contributed by atoms with Crippen LogP contribution in [0.15, 0.2) is 58.3 Å². The predicted octanol–water partition coefficient (Wildman–Crippen LogP) is 1.78. The molecule has 2 aromatic rings. The first-order valence-corrected chi connectivity index (χ1v) is 11.9. The van der Waals surface area contributed by atoms with Gasteiger partial charge in [0, 0.05) is 37.1 Å². The largest absolute Gasteiger partial charge is 0.481 e. The molecule has 10 nitrogen and oxygen atoms in total. The number of carboxylic acid groups (broad SMARTS) is 1. The van der Waals surface area contributed by atoms with Gasteiger partial charge in [0.25, 0.3) is 5.91 Å². The maximum absolute atomic E-state index is 12.9. The Balaban J connectivity index is 2.00. The van der Waals surface area contributed by atoms with Crippen LogP contribution in [0.4, 0.5) is 5.69 Å². The third kappa shape index (κ3) is 8.09. The maximum Gasteiger partial charge on any atom is 0.303 e. The van der Waals surface area contributed by atoms with Gasteiger partial charge in [-0.25, -0.2) is 8.42 Å². The Kier molecular flexibility index (Phi) is 9.46. The summed E-state index contributed by atoms with van der Waals surface area (Å²) in [6, 6.07) is 10.8. The number of hydrogen-bond acceptors (Lipinski definition) is 7. The Morgan fingerprint density at radius 1 is 0.882 bits per heavy atom. The van der Waals surface area contributed by atoms with E-state index in [0.717, 1.165) is 0 Å². The Labute approximate surface area is 196 Å². The van der Waals surface area contributed by atoms with E-state index in [1.165, 1.54) is 55.5 Å². The van der Waals surface area contributed by atoms with Crippen molar-refractivity contribution in [1.29, 1.82) is 0 Å². The van der Waals surface area contributed by atoms with Gasteiger partial charge in [0.05, 0.1) is 15.9 Å². The molecule has 0 fully saturated rings. The number of carboxylic acids is 1. The van der Waals surface area contributed by atoms with E-state index in [2.05, 4.69) is 10.6 Å². The summed E-state index contributed by atoms with van der Waals surface area (Å²) in [6.45, 7) is 1.26. The maximum atomic E-state index is 12.9. The number of rotatable bonds is 12. The van der Waals surface area contributed by atoms with Gasteiger partial charge >= 0.3 is 5.97 Å². The summed E-state index contributed by atoms with van der Waals surface area (Å²) in [5, 5.41) is 23.4. The van der Waals surface area contributed by atoms with Crippen LogP contribution in [0, 0.1) is 0 Å². The molecule has 0 saturated carbocycles. The number of hydrogen-bond donors (Lipinski definition) is 4. The average Bonchev–Trinajstić information content (AvgIpc) is 2.80. The number of aliphatic carboxylic acids is 1. The Bertz CT molecular complexity index is 1140. The Morgan fingerprint density at radius 2 is 1.44 bits per heavy atom. The molecule has 0 aliphatic carbocycles. The standard InChI is InChI=1S/C23H26N2O8S/c1-15(26)2-12-21(28)25-17-5-10-20(11-6-17)34(32,33)19-8-3-16(4-9-19)23(31)24-14-18(27)7-13-22(29)30/h3-6,8-11,18,27H,2,7,12-14H2,1H3,(H,24,31)(H,25,28)(H,29,30). The topological polar surface area (TPSA) is 167 Å². The number of sulfone groups is 1. The van der Waals surface area contributed by atoms with Gasteiger partial charge in [-0.15, -0.1) is 0 Å². The second-order valence-corrected chi connectivity index (χ2v) is 9.55. The van der Waals surface area contributed by atoms with Crippen LogP contribution >= 0.6 is 0 Å². The lowest BCUT2D eigenvalue weighted by Crippen LogP contribution is -2.32. The molecule has 182 valence electrons. The summed E-state index contributed by atoms with van der Waals surface area (Å²) in [7, 11) is -3.87. The van der Waals surface area contributed by atoms with Crippen LogP contribution in [-0.4, -0.2) is 54.8 Å².